The van der Waals surface area contributed by atoms with Crippen LogP contribution in [0.25, 0.3) is 10.9 Å². The molecular weight excluding hydrogens is 535 g/mol. The van der Waals surface area contributed by atoms with E-state index in [0.29, 0.717) is 24.5 Å². The molecule has 0 spiro atoms. The minimum Gasteiger partial charge on any atom is -0.495 e. The number of anilines is 1. The van der Waals surface area contributed by atoms with Gasteiger partial charge in [-0.2, -0.15) is 0 Å². The Morgan fingerprint density at radius 2 is 1.57 bits per heavy atom. The Bertz CT molecular complexity index is 1680. The fraction of sp³-hybridized carbons (Fsp3) is 0.214. The minimum absolute atomic E-state index is 0.201. The number of hydrogen-bond donors (Lipinski definition) is 2. The summed E-state index contributed by atoms with van der Waals surface area (Å²) in [5, 5.41) is 5.89. The molecule has 2 amide bonds. The SMILES string of the molecule is Bc1ccc(CCNC(=O)Cn2c(=O)c3ccccc3n(CC(=O)Nc3cc(Cl)c(OC)cc3OC)c2=O)cc1. The van der Waals surface area contributed by atoms with E-state index in [4.69, 9.17) is 21.1 Å². The van der Waals surface area contributed by atoms with Gasteiger partial charge < -0.3 is 20.1 Å². The molecule has 4 aromatic rings. The van der Waals surface area contributed by atoms with E-state index in [1.807, 2.05) is 32.1 Å². The molecule has 1 aromatic heterocycles. The second-order valence-electron chi connectivity index (χ2n) is 9.10. The molecule has 0 saturated heterocycles. The van der Waals surface area contributed by atoms with Crippen molar-refractivity contribution in [3.8, 4) is 11.5 Å². The number of rotatable bonds is 10. The highest BCUT2D eigenvalue weighted by Crippen LogP contribution is 2.35. The molecule has 2 N–H and O–H groups in total. The maximum atomic E-state index is 13.4. The second kappa shape index (κ2) is 12.6. The van der Waals surface area contributed by atoms with Crippen molar-refractivity contribution in [2.45, 2.75) is 19.5 Å². The molecule has 0 bridgehead atoms. The number of ether oxygens (including phenoxy) is 2. The quantitative estimate of drug-likeness (QED) is 0.279. The lowest BCUT2D eigenvalue weighted by atomic mass is 9.95. The molecule has 0 saturated carbocycles. The number of carbonyl (C=O) groups excluding carboxylic acids is 2. The van der Waals surface area contributed by atoms with Crippen LogP contribution in [0, 0.1) is 0 Å². The van der Waals surface area contributed by atoms with Gasteiger partial charge in [0.1, 0.15) is 32.4 Å². The third-order valence-electron chi connectivity index (χ3n) is 6.34. The molecular formula is C28H28BClN4O6. The lowest BCUT2D eigenvalue weighted by Crippen LogP contribution is -2.45. The van der Waals surface area contributed by atoms with Crippen LogP contribution >= 0.6 is 11.6 Å². The molecule has 10 nitrogen and oxygen atoms in total. The summed E-state index contributed by atoms with van der Waals surface area (Å²) in [5.41, 5.74) is 1.33. The number of benzene rings is 3. The smallest absolute Gasteiger partial charge is 0.332 e. The normalized spacial score (nSPS) is 10.8. The fourth-order valence-corrected chi connectivity index (χ4v) is 4.50. The van der Waals surface area contributed by atoms with E-state index in [1.54, 1.807) is 24.3 Å². The Labute approximate surface area is 235 Å². The topological polar surface area (TPSA) is 121 Å². The number of nitrogens with one attached hydrogen (secondary N) is 2. The monoisotopic (exact) mass is 562 g/mol. The summed E-state index contributed by atoms with van der Waals surface area (Å²) in [6.07, 6.45) is 0.599. The first-order valence-corrected chi connectivity index (χ1v) is 12.9. The zero-order valence-corrected chi connectivity index (χ0v) is 23.1. The van der Waals surface area contributed by atoms with Gasteiger partial charge in [0.05, 0.1) is 35.8 Å². The number of para-hydroxylation sites is 1. The zero-order chi connectivity index (χ0) is 28.8. The Kier molecular flexibility index (Phi) is 8.95. The Morgan fingerprint density at radius 1 is 0.900 bits per heavy atom. The van der Waals surface area contributed by atoms with E-state index in [2.05, 4.69) is 10.6 Å². The van der Waals surface area contributed by atoms with Gasteiger partial charge in [0.15, 0.2) is 0 Å². The van der Waals surface area contributed by atoms with Crippen molar-refractivity contribution in [1.29, 1.82) is 0 Å². The number of aromatic nitrogens is 2. The highest BCUT2D eigenvalue weighted by Gasteiger charge is 2.19. The highest BCUT2D eigenvalue weighted by molar-refractivity contribution is 6.32. The Hall–Kier alpha value is -4.51. The summed E-state index contributed by atoms with van der Waals surface area (Å²) in [6.45, 7) is -0.575. The Morgan fingerprint density at radius 3 is 2.27 bits per heavy atom. The standard InChI is InChI=1S/C28H28BClN4O6/c1-39-23-14-24(40-2)21(13-20(23)30)32-26(36)16-33-22-6-4-3-5-19(22)27(37)34(28(33)38)15-25(35)31-12-11-17-7-9-18(29)10-8-17/h3-10,13-14H,11-12,15-16,29H2,1-2H3,(H,31,35)(H,32,36). The van der Waals surface area contributed by atoms with Gasteiger partial charge in [0.25, 0.3) is 5.56 Å². The van der Waals surface area contributed by atoms with Crippen LogP contribution in [0.15, 0.2) is 70.3 Å². The summed E-state index contributed by atoms with van der Waals surface area (Å²) in [6, 6.07) is 17.4. The summed E-state index contributed by atoms with van der Waals surface area (Å²) in [5.74, 6) is -0.392. The molecule has 0 unspecified atom stereocenters. The molecule has 0 atom stereocenters. The van der Waals surface area contributed by atoms with Crippen LogP contribution < -0.4 is 36.8 Å². The lowest BCUT2D eigenvalue weighted by Gasteiger charge is -2.16. The lowest BCUT2D eigenvalue weighted by molar-refractivity contribution is -0.121. The number of amides is 2. The molecule has 0 aliphatic heterocycles. The van der Waals surface area contributed by atoms with Crippen molar-refractivity contribution in [3.63, 3.8) is 0 Å². The van der Waals surface area contributed by atoms with Crippen LogP contribution in [0.1, 0.15) is 5.56 Å². The molecule has 4 rings (SSSR count). The summed E-state index contributed by atoms with van der Waals surface area (Å²) >= 11 is 6.21. The maximum Gasteiger partial charge on any atom is 0.332 e. The number of nitrogens with zero attached hydrogens (tertiary/aromatic N) is 2. The minimum atomic E-state index is -0.785. The summed E-state index contributed by atoms with van der Waals surface area (Å²) < 4.78 is 12.5. The van der Waals surface area contributed by atoms with E-state index in [-0.39, 0.29) is 21.6 Å². The van der Waals surface area contributed by atoms with Crippen LogP contribution in [0.4, 0.5) is 5.69 Å². The predicted octanol–water partition coefficient (Wildman–Crippen LogP) is 1.09. The van der Waals surface area contributed by atoms with Gasteiger partial charge >= 0.3 is 5.69 Å². The van der Waals surface area contributed by atoms with Crippen LogP contribution in [-0.2, 0) is 29.1 Å². The molecule has 1 heterocycles. The molecule has 206 valence electrons. The summed E-state index contributed by atoms with van der Waals surface area (Å²) in [4.78, 5) is 52.3. The molecule has 0 fully saturated rings. The van der Waals surface area contributed by atoms with E-state index in [9.17, 15) is 19.2 Å². The molecule has 40 heavy (non-hydrogen) atoms. The van der Waals surface area contributed by atoms with Crippen LogP contribution in [0.2, 0.25) is 5.02 Å². The number of carbonyl (C=O) groups is 2. The molecule has 0 radical (unpaired) electrons. The molecule has 0 aliphatic rings. The number of halogens is 1. The van der Waals surface area contributed by atoms with E-state index >= 15 is 0 Å². The van der Waals surface area contributed by atoms with Gasteiger partial charge in [-0.15, -0.1) is 0 Å². The second-order valence-corrected chi connectivity index (χ2v) is 9.51. The number of hydrogen-bond acceptors (Lipinski definition) is 6. The highest BCUT2D eigenvalue weighted by atomic mass is 35.5. The molecule has 12 heteroatoms. The van der Waals surface area contributed by atoms with E-state index in [0.717, 1.165) is 20.2 Å². The van der Waals surface area contributed by atoms with Gasteiger partial charge in [-0.25, -0.2) is 4.79 Å². The average Bonchev–Trinajstić information content (AvgIpc) is 2.94. The van der Waals surface area contributed by atoms with Gasteiger partial charge in [-0.3, -0.25) is 23.5 Å². The van der Waals surface area contributed by atoms with Gasteiger partial charge in [-0.05, 0) is 30.2 Å². The van der Waals surface area contributed by atoms with E-state index < -0.39 is 36.2 Å². The first-order valence-electron chi connectivity index (χ1n) is 12.5. The fourth-order valence-electron chi connectivity index (χ4n) is 4.25. The van der Waals surface area contributed by atoms with Crippen LogP contribution in [0.5, 0.6) is 11.5 Å². The van der Waals surface area contributed by atoms with Crippen LogP contribution in [-0.4, -0.2) is 49.6 Å². The van der Waals surface area contributed by atoms with Crippen molar-refractivity contribution in [2.75, 3.05) is 26.1 Å². The third-order valence-corrected chi connectivity index (χ3v) is 6.64. The van der Waals surface area contributed by atoms with Crippen molar-refractivity contribution in [3.05, 3.63) is 92.1 Å². The van der Waals surface area contributed by atoms with Gasteiger partial charge in [0.2, 0.25) is 11.8 Å². The van der Waals surface area contributed by atoms with E-state index in [1.165, 1.54) is 26.4 Å². The first-order chi connectivity index (χ1) is 19.2. The van der Waals surface area contributed by atoms with Crippen molar-refractivity contribution in [1.82, 2.24) is 14.5 Å². The van der Waals surface area contributed by atoms with Crippen molar-refractivity contribution >= 4 is 53.3 Å². The van der Waals surface area contributed by atoms with Crippen molar-refractivity contribution in [2.24, 2.45) is 0 Å². The predicted molar refractivity (Wildman–Crippen MR) is 157 cm³/mol. The maximum absolute atomic E-state index is 13.4. The van der Waals surface area contributed by atoms with Crippen molar-refractivity contribution < 1.29 is 19.1 Å². The zero-order valence-electron chi connectivity index (χ0n) is 22.3. The third kappa shape index (κ3) is 6.37. The molecule has 0 aliphatic carbocycles. The molecule has 3 aromatic carbocycles. The Balaban J connectivity index is 1.56. The van der Waals surface area contributed by atoms with Gasteiger partial charge in [-0.1, -0.05) is 53.5 Å². The van der Waals surface area contributed by atoms with Crippen LogP contribution in [0.3, 0.4) is 0 Å². The largest absolute Gasteiger partial charge is 0.495 e. The first kappa shape index (κ1) is 28.5. The number of fused-ring (bicyclic) bond motifs is 1. The number of methoxy groups -OCH3 is 2. The average molecular weight is 563 g/mol. The van der Waals surface area contributed by atoms with Gasteiger partial charge in [0, 0.05) is 12.6 Å². The summed E-state index contributed by atoms with van der Waals surface area (Å²) in [7, 11) is 4.88.